The number of aromatic nitrogens is 5. The zero-order chi connectivity index (χ0) is 27.6. The van der Waals surface area contributed by atoms with Crippen molar-refractivity contribution >= 4 is 28.7 Å². The molecule has 0 spiro atoms. The molecule has 6 rings (SSSR count). The Bertz CT molecular complexity index is 1660. The lowest BCUT2D eigenvalue weighted by molar-refractivity contribution is -0.133. The number of nitrogens with zero attached hydrogens (tertiary/aromatic N) is 5. The van der Waals surface area contributed by atoms with Crippen LogP contribution in [0.3, 0.4) is 0 Å². The van der Waals surface area contributed by atoms with Crippen molar-refractivity contribution in [2.45, 2.75) is 31.2 Å². The van der Waals surface area contributed by atoms with Crippen molar-refractivity contribution in [2.24, 2.45) is 0 Å². The van der Waals surface area contributed by atoms with Gasteiger partial charge in [-0.15, -0.1) is 5.10 Å². The van der Waals surface area contributed by atoms with Crippen LogP contribution in [-0.2, 0) is 11.3 Å². The Hall–Kier alpha value is -4.37. The van der Waals surface area contributed by atoms with Crippen LogP contribution < -0.4 is 5.56 Å². The largest absolute Gasteiger partial charge is 0.342 e. The van der Waals surface area contributed by atoms with E-state index in [4.69, 9.17) is 11.6 Å². The van der Waals surface area contributed by atoms with Gasteiger partial charge in [0.25, 0.3) is 5.56 Å². The highest BCUT2D eigenvalue weighted by atomic mass is 35.5. The average Bonchev–Trinajstić information content (AvgIpc) is 3.39. The summed E-state index contributed by atoms with van der Waals surface area (Å²) >= 11 is 6.20. The van der Waals surface area contributed by atoms with Crippen molar-refractivity contribution in [1.82, 2.24) is 29.9 Å². The molecule has 5 aromatic rings. The molecule has 1 aliphatic rings. The van der Waals surface area contributed by atoms with E-state index in [1.54, 1.807) is 6.07 Å². The molecule has 10 heteroatoms. The molecule has 1 N–H and O–H groups in total. The number of carbonyl (C=O) groups excluding carboxylic acids is 1. The fourth-order valence-corrected chi connectivity index (χ4v) is 5.56. The number of hydrogen-bond acceptors (Lipinski definition) is 5. The highest BCUT2D eigenvalue weighted by Gasteiger charge is 2.32. The first kappa shape index (κ1) is 25.9. The number of hydrogen-bond donors (Lipinski definition) is 1. The van der Waals surface area contributed by atoms with Crippen molar-refractivity contribution in [3.63, 3.8) is 0 Å². The second-order valence-electron chi connectivity index (χ2n) is 9.92. The average molecular weight is 557 g/mol. The third kappa shape index (κ3) is 5.00. The van der Waals surface area contributed by atoms with Gasteiger partial charge in [-0.1, -0.05) is 83.5 Å². The Morgan fingerprint density at radius 1 is 0.975 bits per heavy atom. The Kier molecular flexibility index (Phi) is 7.13. The minimum atomic E-state index is -0.470. The Morgan fingerprint density at radius 3 is 2.25 bits per heavy atom. The third-order valence-electron chi connectivity index (χ3n) is 7.47. The van der Waals surface area contributed by atoms with E-state index in [2.05, 4.69) is 20.3 Å². The van der Waals surface area contributed by atoms with Gasteiger partial charge in [-0.3, -0.25) is 9.59 Å². The highest BCUT2D eigenvalue weighted by Crippen LogP contribution is 2.31. The number of nitrogens with one attached hydrogen (secondary N) is 1. The first-order chi connectivity index (χ1) is 19.5. The van der Waals surface area contributed by atoms with Gasteiger partial charge >= 0.3 is 0 Å². The molecule has 202 valence electrons. The van der Waals surface area contributed by atoms with Crippen LogP contribution in [0.1, 0.15) is 47.2 Å². The first-order valence-corrected chi connectivity index (χ1v) is 13.5. The van der Waals surface area contributed by atoms with Gasteiger partial charge in [0.15, 0.2) is 11.2 Å². The molecule has 8 nitrogen and oxygen atoms in total. The zero-order valence-corrected chi connectivity index (χ0v) is 22.3. The highest BCUT2D eigenvalue weighted by molar-refractivity contribution is 6.31. The van der Waals surface area contributed by atoms with Gasteiger partial charge < -0.3 is 9.88 Å². The van der Waals surface area contributed by atoms with Gasteiger partial charge in [0.2, 0.25) is 5.91 Å². The maximum atomic E-state index is 14.4. The SMILES string of the molecule is O=C(C(c1ccccc1)c1ccccc1)N1CCC(c2nc3c(nnn3Cc3c(F)cccc3Cl)c(=O)[nH]2)CC1. The Morgan fingerprint density at radius 2 is 1.62 bits per heavy atom. The molecular formula is C30H26ClFN6O2. The summed E-state index contributed by atoms with van der Waals surface area (Å²) in [4.78, 5) is 36.1. The van der Waals surface area contributed by atoms with Gasteiger partial charge in [-0.2, -0.15) is 0 Å². The monoisotopic (exact) mass is 556 g/mol. The van der Waals surface area contributed by atoms with E-state index in [-0.39, 0.29) is 46.0 Å². The standard InChI is InChI=1S/C30H26ClFN6O2/c31-23-12-7-13-24(32)22(23)18-38-28-26(35-36-38)29(39)34-27(33-28)21-14-16-37(17-15-21)30(40)25(19-8-3-1-4-9-19)20-10-5-2-6-11-20/h1-13,21,25H,14-18H2,(H,33,34,39). The third-order valence-corrected chi connectivity index (χ3v) is 7.82. The Balaban J connectivity index is 1.23. The van der Waals surface area contributed by atoms with Crippen LogP contribution in [0, 0.1) is 5.82 Å². The number of piperidine rings is 1. The summed E-state index contributed by atoms with van der Waals surface area (Å²) < 4.78 is 15.8. The summed E-state index contributed by atoms with van der Waals surface area (Å²) in [5, 5.41) is 8.26. The van der Waals surface area contributed by atoms with Gasteiger partial charge in [0, 0.05) is 29.6 Å². The molecule has 0 aliphatic carbocycles. The van der Waals surface area contributed by atoms with Crippen molar-refractivity contribution < 1.29 is 9.18 Å². The lowest BCUT2D eigenvalue weighted by Gasteiger charge is -2.34. The van der Waals surface area contributed by atoms with Crippen molar-refractivity contribution in [3.05, 3.63) is 123 Å². The summed E-state index contributed by atoms with van der Waals surface area (Å²) in [5.74, 6) is -0.359. The second-order valence-corrected chi connectivity index (χ2v) is 10.3. The van der Waals surface area contributed by atoms with Gasteiger partial charge in [0.1, 0.15) is 11.6 Å². The van der Waals surface area contributed by atoms with E-state index in [1.807, 2.05) is 65.6 Å². The lowest BCUT2D eigenvalue weighted by Crippen LogP contribution is -2.41. The fraction of sp³-hybridized carbons (Fsp3) is 0.233. The number of H-pyrrole nitrogens is 1. The lowest BCUT2D eigenvalue weighted by atomic mass is 9.88. The van der Waals surface area contributed by atoms with E-state index in [0.29, 0.717) is 31.8 Å². The van der Waals surface area contributed by atoms with Crippen LogP contribution in [0.25, 0.3) is 11.2 Å². The van der Waals surface area contributed by atoms with E-state index < -0.39 is 11.4 Å². The molecular weight excluding hydrogens is 531 g/mol. The van der Waals surface area contributed by atoms with Crippen LogP contribution in [-0.4, -0.2) is 48.9 Å². The predicted molar refractivity (Wildman–Crippen MR) is 150 cm³/mol. The maximum absolute atomic E-state index is 14.4. The molecule has 3 heterocycles. The fourth-order valence-electron chi connectivity index (χ4n) is 5.34. The smallest absolute Gasteiger partial charge is 0.281 e. The maximum Gasteiger partial charge on any atom is 0.281 e. The summed E-state index contributed by atoms with van der Waals surface area (Å²) in [6.45, 7) is 1.05. The summed E-state index contributed by atoms with van der Waals surface area (Å²) in [5.41, 5.74) is 2.10. The number of carbonyl (C=O) groups is 1. The summed E-state index contributed by atoms with van der Waals surface area (Å²) in [6.07, 6.45) is 1.27. The van der Waals surface area contributed by atoms with Gasteiger partial charge in [0.05, 0.1) is 12.5 Å². The van der Waals surface area contributed by atoms with Crippen LogP contribution in [0.2, 0.25) is 5.02 Å². The molecule has 2 aromatic heterocycles. The number of fused-ring (bicyclic) bond motifs is 1. The van der Waals surface area contributed by atoms with E-state index in [1.165, 1.54) is 16.8 Å². The van der Waals surface area contributed by atoms with Crippen LogP contribution >= 0.6 is 11.6 Å². The second kappa shape index (κ2) is 11.0. The number of rotatable bonds is 6. The quantitative estimate of drug-likeness (QED) is 0.321. The van der Waals surface area contributed by atoms with Crippen LogP contribution in [0.15, 0.2) is 83.7 Å². The van der Waals surface area contributed by atoms with Crippen LogP contribution in [0.5, 0.6) is 0 Å². The molecule has 0 atom stereocenters. The molecule has 40 heavy (non-hydrogen) atoms. The van der Waals surface area contributed by atoms with Crippen LogP contribution in [0.4, 0.5) is 4.39 Å². The summed E-state index contributed by atoms with van der Waals surface area (Å²) in [6, 6.07) is 24.1. The van der Waals surface area contributed by atoms with Crippen molar-refractivity contribution in [2.75, 3.05) is 13.1 Å². The van der Waals surface area contributed by atoms with Gasteiger partial charge in [-0.05, 0) is 36.1 Å². The molecule has 1 amide bonds. The van der Waals surface area contributed by atoms with Crippen molar-refractivity contribution in [1.29, 1.82) is 0 Å². The van der Waals surface area contributed by atoms with E-state index in [0.717, 1.165) is 11.1 Å². The molecule has 0 bridgehead atoms. The molecule has 1 aliphatic heterocycles. The topological polar surface area (TPSA) is 96.8 Å². The summed E-state index contributed by atoms with van der Waals surface area (Å²) in [7, 11) is 0. The minimum Gasteiger partial charge on any atom is -0.342 e. The first-order valence-electron chi connectivity index (χ1n) is 13.1. The van der Waals surface area contributed by atoms with Gasteiger partial charge in [-0.25, -0.2) is 14.1 Å². The van der Waals surface area contributed by atoms with E-state index in [9.17, 15) is 14.0 Å². The number of benzene rings is 3. The van der Waals surface area contributed by atoms with E-state index >= 15 is 0 Å². The Labute approximate surface area is 234 Å². The minimum absolute atomic E-state index is 0.00872. The molecule has 0 unspecified atom stereocenters. The predicted octanol–water partition coefficient (Wildman–Crippen LogP) is 4.89. The molecule has 0 saturated carbocycles. The zero-order valence-electron chi connectivity index (χ0n) is 21.5. The molecule has 1 saturated heterocycles. The number of amides is 1. The molecule has 3 aromatic carbocycles. The number of aromatic amines is 1. The number of halogens is 2. The molecule has 1 fully saturated rings. The normalized spacial score (nSPS) is 14.2. The molecule has 0 radical (unpaired) electrons. The number of likely N-dealkylation sites (tertiary alicyclic amines) is 1. The van der Waals surface area contributed by atoms with Crippen molar-refractivity contribution in [3.8, 4) is 0 Å².